The Morgan fingerprint density at radius 1 is 1.13 bits per heavy atom. The Morgan fingerprint density at radius 3 is 2.73 bits per heavy atom. The van der Waals surface area contributed by atoms with E-state index in [1.54, 1.807) is 0 Å². The van der Waals surface area contributed by atoms with E-state index in [-0.39, 0.29) is 0 Å². The maximum atomic E-state index is 3.57. The molecule has 0 aromatic heterocycles. The minimum absolute atomic E-state index is 0.918. The van der Waals surface area contributed by atoms with Gasteiger partial charge in [0.15, 0.2) is 0 Å². The van der Waals surface area contributed by atoms with Gasteiger partial charge in [0.2, 0.25) is 0 Å². The van der Waals surface area contributed by atoms with Gasteiger partial charge in [-0.1, -0.05) is 13.3 Å². The van der Waals surface area contributed by atoms with E-state index in [0.29, 0.717) is 0 Å². The molecule has 2 heteroatoms. The van der Waals surface area contributed by atoms with Crippen molar-refractivity contribution >= 4 is 0 Å². The van der Waals surface area contributed by atoms with Crippen LogP contribution >= 0.6 is 0 Å². The third kappa shape index (κ3) is 3.76. The number of likely N-dealkylation sites (tertiary alicyclic amines) is 1. The molecule has 1 N–H and O–H groups in total. The molecule has 0 bridgehead atoms. The fourth-order valence-electron chi connectivity index (χ4n) is 2.86. The lowest BCUT2D eigenvalue weighted by atomic mass is 9.97. The second-order valence-electron chi connectivity index (χ2n) is 5.55. The Labute approximate surface area is 94.4 Å². The Bertz CT molecular complexity index is 165. The van der Waals surface area contributed by atoms with Crippen LogP contribution in [-0.2, 0) is 0 Å². The molecule has 2 fully saturated rings. The van der Waals surface area contributed by atoms with Crippen molar-refractivity contribution in [2.45, 2.75) is 39.0 Å². The third-order valence-electron chi connectivity index (χ3n) is 4.04. The first-order chi connectivity index (χ1) is 7.34. The van der Waals surface area contributed by atoms with Crippen molar-refractivity contribution in [3.63, 3.8) is 0 Å². The van der Waals surface area contributed by atoms with Crippen LogP contribution < -0.4 is 5.32 Å². The molecule has 0 spiro atoms. The van der Waals surface area contributed by atoms with Gasteiger partial charge in [-0.15, -0.1) is 0 Å². The van der Waals surface area contributed by atoms with Gasteiger partial charge in [0.25, 0.3) is 0 Å². The zero-order chi connectivity index (χ0) is 10.5. The van der Waals surface area contributed by atoms with Crippen molar-refractivity contribution in [1.29, 1.82) is 0 Å². The Balaban J connectivity index is 1.70. The first-order valence-corrected chi connectivity index (χ1v) is 6.77. The molecule has 2 rings (SSSR count). The lowest BCUT2D eigenvalue weighted by Crippen LogP contribution is -2.38. The van der Waals surface area contributed by atoms with Crippen LogP contribution in [-0.4, -0.2) is 37.6 Å². The van der Waals surface area contributed by atoms with Gasteiger partial charge in [-0.3, -0.25) is 0 Å². The second-order valence-corrected chi connectivity index (χ2v) is 5.55. The van der Waals surface area contributed by atoms with Crippen molar-refractivity contribution in [3.05, 3.63) is 0 Å². The van der Waals surface area contributed by atoms with Crippen LogP contribution in [0, 0.1) is 11.8 Å². The van der Waals surface area contributed by atoms with E-state index in [1.807, 2.05) is 0 Å². The summed E-state index contributed by atoms with van der Waals surface area (Å²) in [6.45, 7) is 8.93. The van der Waals surface area contributed by atoms with Crippen molar-refractivity contribution < 1.29 is 0 Å². The zero-order valence-electron chi connectivity index (χ0n) is 10.2. The molecule has 2 nitrogen and oxygen atoms in total. The van der Waals surface area contributed by atoms with Gasteiger partial charge in [0.1, 0.15) is 0 Å². The Kier molecular flexibility index (Phi) is 4.45. The van der Waals surface area contributed by atoms with E-state index in [0.717, 1.165) is 11.8 Å². The van der Waals surface area contributed by atoms with E-state index in [9.17, 15) is 0 Å². The molecular weight excluding hydrogens is 184 g/mol. The van der Waals surface area contributed by atoms with Gasteiger partial charge in [0.05, 0.1) is 0 Å². The highest BCUT2D eigenvalue weighted by atomic mass is 15.1. The van der Waals surface area contributed by atoms with Crippen molar-refractivity contribution in [3.8, 4) is 0 Å². The van der Waals surface area contributed by atoms with E-state index >= 15 is 0 Å². The number of nitrogens with one attached hydrogen (secondary N) is 1. The average molecular weight is 210 g/mol. The maximum Gasteiger partial charge on any atom is 0.00218 e. The Morgan fingerprint density at radius 2 is 1.93 bits per heavy atom. The van der Waals surface area contributed by atoms with E-state index < -0.39 is 0 Å². The van der Waals surface area contributed by atoms with Crippen LogP contribution in [0.4, 0.5) is 0 Å². The van der Waals surface area contributed by atoms with Crippen LogP contribution in [0.2, 0.25) is 0 Å². The number of hydrogen-bond donors (Lipinski definition) is 1. The minimum atomic E-state index is 0.918. The normalized spacial score (nSPS) is 31.4. The first kappa shape index (κ1) is 11.4. The fourth-order valence-corrected chi connectivity index (χ4v) is 2.86. The smallest absolute Gasteiger partial charge is 0.00218 e. The highest BCUT2D eigenvalue weighted by molar-refractivity contribution is 4.75. The lowest BCUT2D eigenvalue weighted by Gasteiger charge is -2.32. The van der Waals surface area contributed by atoms with Gasteiger partial charge in [-0.25, -0.2) is 0 Å². The summed E-state index contributed by atoms with van der Waals surface area (Å²) in [5.41, 5.74) is 0. The molecule has 2 heterocycles. The van der Waals surface area contributed by atoms with Crippen molar-refractivity contribution in [1.82, 2.24) is 10.2 Å². The molecule has 15 heavy (non-hydrogen) atoms. The molecule has 0 amide bonds. The van der Waals surface area contributed by atoms with Gasteiger partial charge in [-0.2, -0.15) is 0 Å². The molecule has 1 atom stereocenters. The SMILES string of the molecule is CC1CCN(CC2CCCCNC2)CC1. The van der Waals surface area contributed by atoms with Crippen molar-refractivity contribution in [2.24, 2.45) is 11.8 Å². The topological polar surface area (TPSA) is 15.3 Å². The van der Waals surface area contributed by atoms with Gasteiger partial charge in [0, 0.05) is 6.54 Å². The fraction of sp³-hybridized carbons (Fsp3) is 1.00. The van der Waals surface area contributed by atoms with Crippen LogP contribution in [0.15, 0.2) is 0 Å². The molecule has 0 aromatic rings. The van der Waals surface area contributed by atoms with Crippen LogP contribution in [0.3, 0.4) is 0 Å². The molecular formula is C13H26N2. The summed E-state index contributed by atoms with van der Waals surface area (Å²) >= 11 is 0. The van der Waals surface area contributed by atoms with E-state index in [1.165, 1.54) is 64.8 Å². The van der Waals surface area contributed by atoms with Crippen LogP contribution in [0.5, 0.6) is 0 Å². The van der Waals surface area contributed by atoms with Gasteiger partial charge < -0.3 is 10.2 Å². The molecule has 2 saturated heterocycles. The summed E-state index contributed by atoms with van der Waals surface area (Å²) in [4.78, 5) is 2.69. The summed E-state index contributed by atoms with van der Waals surface area (Å²) in [7, 11) is 0. The number of piperidine rings is 1. The summed E-state index contributed by atoms with van der Waals surface area (Å²) in [6, 6.07) is 0. The quantitative estimate of drug-likeness (QED) is 0.751. The van der Waals surface area contributed by atoms with E-state index in [2.05, 4.69) is 17.1 Å². The largest absolute Gasteiger partial charge is 0.316 e. The average Bonchev–Trinajstić information content (AvgIpc) is 2.50. The van der Waals surface area contributed by atoms with Crippen LogP contribution in [0.25, 0.3) is 0 Å². The molecule has 2 aliphatic heterocycles. The predicted molar refractivity (Wildman–Crippen MR) is 65.0 cm³/mol. The predicted octanol–water partition coefficient (Wildman–Crippen LogP) is 2.11. The zero-order valence-corrected chi connectivity index (χ0v) is 10.2. The van der Waals surface area contributed by atoms with Gasteiger partial charge in [-0.05, 0) is 63.7 Å². The molecule has 0 aliphatic carbocycles. The Hall–Kier alpha value is -0.0800. The molecule has 0 aromatic carbocycles. The molecule has 88 valence electrons. The lowest BCUT2D eigenvalue weighted by molar-refractivity contribution is 0.164. The number of nitrogens with zero attached hydrogens (tertiary/aromatic N) is 1. The third-order valence-corrected chi connectivity index (χ3v) is 4.04. The molecule has 1 unspecified atom stereocenters. The highest BCUT2D eigenvalue weighted by Gasteiger charge is 2.19. The van der Waals surface area contributed by atoms with Gasteiger partial charge >= 0.3 is 0 Å². The second kappa shape index (κ2) is 5.86. The molecule has 2 aliphatic rings. The summed E-state index contributed by atoms with van der Waals surface area (Å²) in [5, 5.41) is 3.57. The summed E-state index contributed by atoms with van der Waals surface area (Å²) < 4.78 is 0. The highest BCUT2D eigenvalue weighted by Crippen LogP contribution is 2.19. The molecule has 0 radical (unpaired) electrons. The summed E-state index contributed by atoms with van der Waals surface area (Å²) in [5.74, 6) is 1.88. The first-order valence-electron chi connectivity index (χ1n) is 6.77. The number of hydrogen-bond acceptors (Lipinski definition) is 2. The minimum Gasteiger partial charge on any atom is -0.316 e. The summed E-state index contributed by atoms with van der Waals surface area (Å²) in [6.07, 6.45) is 7.09. The van der Waals surface area contributed by atoms with E-state index in [4.69, 9.17) is 0 Å². The maximum absolute atomic E-state index is 3.57. The van der Waals surface area contributed by atoms with Crippen molar-refractivity contribution in [2.75, 3.05) is 32.7 Å². The number of rotatable bonds is 2. The van der Waals surface area contributed by atoms with Crippen LogP contribution in [0.1, 0.15) is 39.0 Å². The monoisotopic (exact) mass is 210 g/mol. The molecule has 0 saturated carbocycles. The standard InChI is InChI=1S/C13H26N2/c1-12-5-8-15(9-6-12)11-13-4-2-3-7-14-10-13/h12-14H,2-11H2,1H3.